The number of hydrogen-bond acceptors (Lipinski definition) is 1. The lowest BCUT2D eigenvalue weighted by molar-refractivity contribution is 0.246. The summed E-state index contributed by atoms with van der Waals surface area (Å²) in [6.45, 7) is 0.476. The van der Waals surface area contributed by atoms with Crippen LogP contribution in [0.2, 0.25) is 0 Å². The van der Waals surface area contributed by atoms with E-state index in [9.17, 15) is 0 Å². The fraction of sp³-hybridized carbons (Fsp3) is 0.222. The van der Waals surface area contributed by atoms with Crippen LogP contribution in [0.25, 0.3) is 0 Å². The van der Waals surface area contributed by atoms with E-state index in [-0.39, 0.29) is 0 Å². The van der Waals surface area contributed by atoms with Crippen molar-refractivity contribution in [2.75, 3.05) is 6.61 Å². The monoisotopic (exact) mass is 133 g/mol. The topological polar surface area (TPSA) is 9.23 Å². The highest BCUT2D eigenvalue weighted by molar-refractivity contribution is 5.14. The van der Waals surface area contributed by atoms with Gasteiger partial charge in [0.15, 0.2) is 7.11 Å². The van der Waals surface area contributed by atoms with Crippen LogP contribution in [0, 0.1) is 7.11 Å². The summed E-state index contributed by atoms with van der Waals surface area (Å²) in [6, 6.07) is 10.0. The second-order valence-corrected chi connectivity index (χ2v) is 2.08. The van der Waals surface area contributed by atoms with Crippen molar-refractivity contribution in [3.8, 4) is 0 Å². The minimum Gasteiger partial charge on any atom is -0.365 e. The zero-order valence-electron chi connectivity index (χ0n) is 5.71. The van der Waals surface area contributed by atoms with Crippen LogP contribution in [-0.4, -0.2) is 6.61 Å². The van der Waals surface area contributed by atoms with E-state index in [2.05, 4.69) is 4.74 Å². The minimum absolute atomic E-state index is 0.476. The third-order valence-corrected chi connectivity index (χ3v) is 1.34. The summed E-state index contributed by atoms with van der Waals surface area (Å²) in [6.07, 6.45) is 0.824. The molecule has 0 spiro atoms. The van der Waals surface area contributed by atoms with Crippen molar-refractivity contribution < 1.29 is 4.74 Å². The van der Waals surface area contributed by atoms with E-state index < -0.39 is 0 Å². The Hall–Kier alpha value is -0.820. The second-order valence-electron chi connectivity index (χ2n) is 2.08. The summed E-state index contributed by atoms with van der Waals surface area (Å²) in [5, 5.41) is 0. The second kappa shape index (κ2) is 4.07. The molecule has 0 fully saturated rings. The average Bonchev–Trinajstić information content (AvgIpc) is 2.03. The highest BCUT2D eigenvalue weighted by atomic mass is 16.5. The summed E-state index contributed by atoms with van der Waals surface area (Å²) in [7, 11) is 6.45. The van der Waals surface area contributed by atoms with Crippen LogP contribution in [0.4, 0.5) is 0 Å². The highest BCUT2D eigenvalue weighted by Crippen LogP contribution is 1.98. The molecule has 0 unspecified atom stereocenters. The molecule has 0 bridgehead atoms. The Balaban J connectivity index is 2.43. The Bertz CT molecular complexity index is 169. The molecule has 0 aromatic heterocycles. The zero-order chi connectivity index (χ0) is 7.23. The van der Waals surface area contributed by atoms with E-state index in [4.69, 9.17) is 7.11 Å². The number of ether oxygens (including phenoxy) is 1. The van der Waals surface area contributed by atoms with Crippen LogP contribution in [0.5, 0.6) is 0 Å². The normalized spacial score (nSPS) is 9.70. The van der Waals surface area contributed by atoms with Gasteiger partial charge < -0.3 is 4.74 Å². The van der Waals surface area contributed by atoms with E-state index in [0.717, 1.165) is 6.42 Å². The molecule has 0 N–H and O–H groups in total. The molecular weight excluding hydrogens is 124 g/mol. The maximum atomic E-state index is 6.45. The lowest BCUT2D eigenvalue weighted by atomic mass is 10.2. The lowest BCUT2D eigenvalue weighted by Crippen LogP contribution is -1.91. The predicted molar refractivity (Wildman–Crippen MR) is 39.3 cm³/mol. The number of rotatable bonds is 3. The lowest BCUT2D eigenvalue weighted by Gasteiger charge is -1.96. The first-order valence-corrected chi connectivity index (χ1v) is 3.26. The molecule has 0 saturated heterocycles. The molecule has 1 heteroatoms. The Morgan fingerprint density at radius 2 is 1.90 bits per heavy atom. The molecule has 0 amide bonds. The van der Waals surface area contributed by atoms with Crippen LogP contribution >= 0.6 is 0 Å². The van der Waals surface area contributed by atoms with Gasteiger partial charge in [0.05, 0.1) is 6.61 Å². The van der Waals surface area contributed by atoms with Crippen LogP contribution in [0.1, 0.15) is 5.56 Å². The van der Waals surface area contributed by atoms with Crippen LogP contribution in [0.3, 0.4) is 0 Å². The van der Waals surface area contributed by atoms with Crippen molar-refractivity contribution in [2.24, 2.45) is 0 Å². The molecule has 0 saturated carbocycles. The molecule has 0 aliphatic rings. The van der Waals surface area contributed by atoms with Crippen LogP contribution in [0.15, 0.2) is 30.3 Å². The molecule has 1 aromatic carbocycles. The molecule has 1 aromatic rings. The first-order valence-electron chi connectivity index (χ1n) is 3.26. The molecule has 51 valence electrons. The molecular formula is C9H9O. The van der Waals surface area contributed by atoms with Gasteiger partial charge in [-0.25, -0.2) is 0 Å². The van der Waals surface area contributed by atoms with Crippen molar-refractivity contribution in [1.82, 2.24) is 0 Å². The van der Waals surface area contributed by atoms with E-state index in [1.165, 1.54) is 5.56 Å². The van der Waals surface area contributed by atoms with E-state index in [0.29, 0.717) is 6.61 Å². The predicted octanol–water partition coefficient (Wildman–Crippen LogP) is 1.79. The van der Waals surface area contributed by atoms with Gasteiger partial charge in [0, 0.05) is 0 Å². The van der Waals surface area contributed by atoms with Crippen LogP contribution < -0.4 is 0 Å². The fourth-order valence-corrected chi connectivity index (χ4v) is 0.814. The third-order valence-electron chi connectivity index (χ3n) is 1.34. The largest absolute Gasteiger partial charge is 0.365 e. The van der Waals surface area contributed by atoms with Crippen molar-refractivity contribution in [3.05, 3.63) is 43.0 Å². The summed E-state index contributed by atoms with van der Waals surface area (Å²) in [5.74, 6) is 0. The zero-order valence-corrected chi connectivity index (χ0v) is 5.71. The molecule has 3 radical (unpaired) electrons. The summed E-state index contributed by atoms with van der Waals surface area (Å²) in [4.78, 5) is 0. The number of benzene rings is 1. The van der Waals surface area contributed by atoms with Crippen molar-refractivity contribution in [1.29, 1.82) is 0 Å². The fourth-order valence-electron chi connectivity index (χ4n) is 0.814. The van der Waals surface area contributed by atoms with Gasteiger partial charge in [0.1, 0.15) is 0 Å². The van der Waals surface area contributed by atoms with Gasteiger partial charge in [-0.1, -0.05) is 30.3 Å². The van der Waals surface area contributed by atoms with Crippen LogP contribution in [-0.2, 0) is 11.2 Å². The quantitative estimate of drug-likeness (QED) is 0.610. The Kier molecular flexibility index (Phi) is 2.97. The average molecular weight is 133 g/mol. The van der Waals surface area contributed by atoms with E-state index in [1.54, 1.807) is 0 Å². The van der Waals surface area contributed by atoms with Gasteiger partial charge in [0.25, 0.3) is 0 Å². The van der Waals surface area contributed by atoms with Gasteiger partial charge in [-0.15, -0.1) is 0 Å². The first kappa shape index (κ1) is 7.29. The molecule has 1 rings (SSSR count). The van der Waals surface area contributed by atoms with Crippen molar-refractivity contribution >= 4 is 0 Å². The molecule has 0 heterocycles. The molecule has 0 atom stereocenters. The summed E-state index contributed by atoms with van der Waals surface area (Å²) >= 11 is 0. The summed E-state index contributed by atoms with van der Waals surface area (Å²) < 4.78 is 4.20. The minimum atomic E-state index is 0.476. The van der Waals surface area contributed by atoms with Gasteiger partial charge in [0.2, 0.25) is 0 Å². The highest BCUT2D eigenvalue weighted by Gasteiger charge is 1.87. The molecule has 10 heavy (non-hydrogen) atoms. The van der Waals surface area contributed by atoms with Gasteiger partial charge in [-0.3, -0.25) is 0 Å². The maximum absolute atomic E-state index is 6.45. The number of hydrogen-bond donors (Lipinski definition) is 0. The van der Waals surface area contributed by atoms with Gasteiger partial charge in [-0.2, -0.15) is 0 Å². The van der Waals surface area contributed by atoms with Gasteiger partial charge >= 0.3 is 0 Å². The van der Waals surface area contributed by atoms with E-state index >= 15 is 0 Å². The van der Waals surface area contributed by atoms with Crippen molar-refractivity contribution in [2.45, 2.75) is 6.42 Å². The molecule has 1 nitrogen and oxygen atoms in total. The SMILES string of the molecule is [C]OCCc1ccccc1. The molecule has 0 aliphatic carbocycles. The van der Waals surface area contributed by atoms with E-state index in [1.807, 2.05) is 30.3 Å². The molecule has 0 aliphatic heterocycles. The Morgan fingerprint density at radius 1 is 1.20 bits per heavy atom. The smallest absolute Gasteiger partial charge is 0.173 e. The Morgan fingerprint density at radius 3 is 2.50 bits per heavy atom. The standard InChI is InChI=1S/C9H9O/c1-10-8-7-9-5-3-2-4-6-9/h2-6H,7-8H2. The van der Waals surface area contributed by atoms with Gasteiger partial charge in [-0.05, 0) is 12.0 Å². The van der Waals surface area contributed by atoms with Crippen molar-refractivity contribution in [3.63, 3.8) is 0 Å². The third kappa shape index (κ3) is 2.19. The summed E-state index contributed by atoms with van der Waals surface area (Å²) in [5.41, 5.74) is 1.22. The first-order chi connectivity index (χ1) is 4.93. The Labute approximate surface area is 61.6 Å². The maximum Gasteiger partial charge on any atom is 0.173 e.